The van der Waals surface area contributed by atoms with Gasteiger partial charge in [0.2, 0.25) is 0 Å². The van der Waals surface area contributed by atoms with Crippen LogP contribution in [0.2, 0.25) is 0 Å². The Morgan fingerprint density at radius 2 is 0.701 bits per heavy atom. The number of hydrogen-bond donors (Lipinski definition) is 4. The predicted octanol–water partition coefficient (Wildman–Crippen LogP) is 16.3. The van der Waals surface area contributed by atoms with E-state index in [1.807, 2.05) is 228 Å². The molecule has 8 aliphatic rings. The number of benzene rings is 4. The number of carbonyl (C=O) groups is 4. The van der Waals surface area contributed by atoms with Crippen molar-refractivity contribution in [3.8, 4) is 44.9 Å². The normalized spacial score (nSPS) is 22.6. The number of pyridine rings is 6. The average Bonchev–Trinajstić information content (AvgIpc) is 1.66. The third kappa shape index (κ3) is 16.7. The lowest BCUT2D eigenvalue weighted by atomic mass is 9.98. The summed E-state index contributed by atoms with van der Waals surface area (Å²) in [5.41, 5.74) is 15.4. The molecule has 12 atom stereocenters. The van der Waals surface area contributed by atoms with Gasteiger partial charge in [0.05, 0.1) is 41.8 Å². The van der Waals surface area contributed by atoms with E-state index in [2.05, 4.69) is 100 Å². The van der Waals surface area contributed by atoms with Gasteiger partial charge < -0.3 is 45.4 Å². The molecule has 4 saturated heterocycles. The zero-order valence-corrected chi connectivity index (χ0v) is 66.8. The van der Waals surface area contributed by atoms with Crippen LogP contribution in [0, 0.1) is 65.2 Å². The van der Waals surface area contributed by atoms with Crippen molar-refractivity contribution in [1.29, 1.82) is 0 Å². The van der Waals surface area contributed by atoms with Crippen molar-refractivity contribution < 1.29 is 23.7 Å². The fourth-order valence-electron chi connectivity index (χ4n) is 19.1. The third-order valence-electron chi connectivity index (χ3n) is 24.6. The second-order valence-corrected chi connectivity index (χ2v) is 32.8. The van der Waals surface area contributed by atoms with E-state index in [9.17, 15) is 19.2 Å². The Bertz CT molecular complexity index is 5350. The lowest BCUT2D eigenvalue weighted by molar-refractivity contribution is 0.0685. The van der Waals surface area contributed by atoms with Gasteiger partial charge in [-0.25, -0.2) is 19.9 Å². The molecular formula is C95H97N17O5. The van der Waals surface area contributed by atoms with E-state index in [0.29, 0.717) is 40.5 Å². The number of carbonyl (C=O) groups excluding carboxylic acids is 4. The number of piperidine rings is 4. The fourth-order valence-corrected chi connectivity index (χ4v) is 19.1. The van der Waals surface area contributed by atoms with Crippen molar-refractivity contribution in [1.82, 2.24) is 64.6 Å². The molecule has 8 aromatic heterocycles. The van der Waals surface area contributed by atoms with Gasteiger partial charge in [0.15, 0.2) is 0 Å². The molecule has 22 nitrogen and oxygen atoms in total. The fraction of sp³-hybridized carbons (Fsp3) is 0.316. The highest BCUT2D eigenvalue weighted by Gasteiger charge is 2.51. The highest BCUT2D eigenvalue weighted by Crippen LogP contribution is 2.45. The molecule has 12 aromatic rings. The van der Waals surface area contributed by atoms with Crippen LogP contribution in [0.1, 0.15) is 126 Å². The number of fused-ring (bicyclic) bond motifs is 8. The van der Waals surface area contributed by atoms with Gasteiger partial charge in [0, 0.05) is 151 Å². The first kappa shape index (κ1) is 76.8. The second kappa shape index (κ2) is 33.9. The Hall–Kier alpha value is -12.9. The van der Waals surface area contributed by atoms with Crippen molar-refractivity contribution in [2.45, 2.75) is 141 Å². The van der Waals surface area contributed by atoms with E-state index >= 15 is 0 Å². The van der Waals surface area contributed by atoms with Gasteiger partial charge >= 0.3 is 0 Å². The van der Waals surface area contributed by atoms with E-state index < -0.39 is 0 Å². The second-order valence-electron chi connectivity index (χ2n) is 32.8. The van der Waals surface area contributed by atoms with Crippen LogP contribution in [0.15, 0.2) is 242 Å². The molecule has 4 aromatic carbocycles. The van der Waals surface area contributed by atoms with Gasteiger partial charge in [0.25, 0.3) is 23.6 Å². The van der Waals surface area contributed by atoms with Crippen LogP contribution in [0.5, 0.6) is 0 Å². The minimum absolute atomic E-state index is 0.0668. The molecule has 592 valence electrons. The van der Waals surface area contributed by atoms with E-state index in [0.717, 1.165) is 185 Å². The summed E-state index contributed by atoms with van der Waals surface area (Å²) < 4.78 is 5.23. The summed E-state index contributed by atoms with van der Waals surface area (Å²) in [5, 5.41) is 18.4. The summed E-state index contributed by atoms with van der Waals surface area (Å²) in [6.45, 7) is 15.3. The first-order valence-electron chi connectivity index (χ1n) is 41.0. The highest BCUT2D eigenvalue weighted by molar-refractivity contribution is 6.04. The number of aryl methyl sites for hydroxylation is 6. The van der Waals surface area contributed by atoms with Crippen molar-refractivity contribution in [3.63, 3.8) is 0 Å². The Morgan fingerprint density at radius 1 is 0.333 bits per heavy atom. The molecule has 20 rings (SSSR count). The monoisotopic (exact) mass is 1560 g/mol. The van der Waals surface area contributed by atoms with Gasteiger partial charge in [-0.05, 0) is 222 Å². The van der Waals surface area contributed by atoms with Crippen molar-refractivity contribution in [3.05, 3.63) is 294 Å². The SMILES string of the molecule is Cc1ccc(NC2CC3CC2N(C(=O)c2ccccc2-c2cc(C)on2)C3)nc1.Cc1ccc(NC2CC3CC2N(C(=O)c2ccccc2-c2ccncc2)C3)nc1.Cc1ccc(NC2CC3CC2N(C(=O)c2ccccc2-c2cnccn2)C3)nc1.Cc1ccc(NC2CC3CC2N(C(=O)c2ccccc2-c2ncccc2C)C3)nc1. The number of rotatable bonds is 16. The maximum Gasteiger partial charge on any atom is 0.254 e. The van der Waals surface area contributed by atoms with Crippen LogP contribution in [0.25, 0.3) is 44.9 Å². The van der Waals surface area contributed by atoms with Gasteiger partial charge in [-0.3, -0.25) is 39.1 Å². The molecule has 4 saturated carbocycles. The number of aromatic nitrogens is 9. The zero-order valence-electron chi connectivity index (χ0n) is 66.8. The first-order valence-corrected chi connectivity index (χ1v) is 41.0. The van der Waals surface area contributed by atoms with Crippen LogP contribution in [0.3, 0.4) is 0 Å². The molecule has 0 radical (unpaired) electrons. The molecule has 117 heavy (non-hydrogen) atoms. The standard InChI is InChI=1S/C25H26N4O.C24H24N4O.C23H23N5O.C23H24N4O2/c1-16-9-10-23(27-14-16)28-21-12-18-13-22(21)29(15-18)25(30)20-8-4-3-7-19(20)24-17(2)6-5-11-26-24;1-16-6-7-23(26-14-16)27-21-12-17-13-22(21)28(15-17)24(29)20-5-3-2-4-19(20)18-8-10-25-11-9-18;1-15-6-7-22(26-12-15)27-19-10-16-11-21(19)28(14-16)23(29)18-5-3-2-4-17(18)20-13-24-8-9-25-20;1-14-7-8-22(24-12-14)25-20-10-16-11-21(20)27(13-16)23(28)18-6-4-3-5-17(18)19-9-15(2)29-26-19/h3-11,14,18,21-22H,12-13,15H2,1-2H3,(H,27,28);2-11,14,17,21-22H,12-13,15H2,1H3,(H,26,27);2-9,12-13,16,19,21H,10-11,14H2,1H3,(H,26,27);3-9,12,16,20-21H,10-11,13H2,1-2H3,(H,24,25). The van der Waals surface area contributed by atoms with Crippen LogP contribution < -0.4 is 21.3 Å². The largest absolute Gasteiger partial charge is 0.365 e. The summed E-state index contributed by atoms with van der Waals surface area (Å²) >= 11 is 0. The van der Waals surface area contributed by atoms with Gasteiger partial charge in [-0.1, -0.05) is 108 Å². The molecular weight excluding hydrogens is 1460 g/mol. The summed E-state index contributed by atoms with van der Waals surface area (Å²) in [6, 6.07) is 58.9. The maximum atomic E-state index is 13.6. The summed E-state index contributed by atoms with van der Waals surface area (Å²) in [4.78, 5) is 97.5. The van der Waals surface area contributed by atoms with Crippen LogP contribution >= 0.6 is 0 Å². The number of hydrogen-bond acceptors (Lipinski definition) is 18. The molecule has 22 heteroatoms. The Labute approximate surface area is 682 Å². The van der Waals surface area contributed by atoms with Crippen LogP contribution in [-0.4, -0.2) is 163 Å². The topological polar surface area (TPSA) is 259 Å². The zero-order chi connectivity index (χ0) is 80.2. The van der Waals surface area contributed by atoms with Gasteiger partial charge in [-0.15, -0.1) is 0 Å². The maximum absolute atomic E-state index is 13.6. The summed E-state index contributed by atoms with van der Waals surface area (Å²) in [7, 11) is 0. The van der Waals surface area contributed by atoms with Crippen molar-refractivity contribution in [2.75, 3.05) is 47.4 Å². The average molecular weight is 1560 g/mol. The molecule has 8 bridgehead atoms. The number of nitrogens with one attached hydrogen (secondary N) is 4. The van der Waals surface area contributed by atoms with E-state index in [4.69, 9.17) is 4.52 Å². The van der Waals surface area contributed by atoms with Crippen LogP contribution in [0.4, 0.5) is 23.3 Å². The molecule has 4 amide bonds. The first-order chi connectivity index (χ1) is 57.1. The van der Waals surface area contributed by atoms with Gasteiger partial charge in [-0.2, -0.15) is 0 Å². The minimum atomic E-state index is 0.0668. The lowest BCUT2D eigenvalue weighted by Crippen LogP contribution is -2.47. The Balaban J connectivity index is 0.000000112. The summed E-state index contributed by atoms with van der Waals surface area (Å²) in [6.07, 6.45) is 26.4. The van der Waals surface area contributed by atoms with E-state index in [1.165, 1.54) is 0 Å². The number of anilines is 4. The van der Waals surface area contributed by atoms with Crippen LogP contribution in [-0.2, 0) is 0 Å². The summed E-state index contributed by atoms with van der Waals surface area (Å²) in [5.74, 6) is 6.79. The minimum Gasteiger partial charge on any atom is -0.365 e. The van der Waals surface area contributed by atoms with Crippen molar-refractivity contribution in [2.24, 2.45) is 23.7 Å². The number of amides is 4. The van der Waals surface area contributed by atoms with E-state index in [-0.39, 0.29) is 72.0 Å². The van der Waals surface area contributed by atoms with E-state index in [1.54, 1.807) is 37.2 Å². The number of likely N-dealkylation sites (tertiary alicyclic amines) is 4. The molecule has 4 N–H and O–H groups in total. The lowest BCUT2D eigenvalue weighted by Gasteiger charge is -2.34. The Morgan fingerprint density at radius 3 is 1.05 bits per heavy atom. The third-order valence-corrected chi connectivity index (χ3v) is 24.6. The van der Waals surface area contributed by atoms with Crippen molar-refractivity contribution >= 4 is 46.9 Å². The molecule has 12 heterocycles. The quantitative estimate of drug-likeness (QED) is 0.0701. The molecule has 4 aliphatic heterocycles. The predicted molar refractivity (Wildman–Crippen MR) is 454 cm³/mol. The molecule has 12 unspecified atom stereocenters. The number of nitrogens with zero attached hydrogens (tertiary/aromatic N) is 13. The smallest absolute Gasteiger partial charge is 0.254 e. The molecule has 4 aliphatic carbocycles. The molecule has 8 fully saturated rings. The highest BCUT2D eigenvalue weighted by atomic mass is 16.5. The molecule has 0 spiro atoms. The Kier molecular flexibility index (Phi) is 22.3. The van der Waals surface area contributed by atoms with Gasteiger partial charge in [0.1, 0.15) is 34.7 Å².